The van der Waals surface area contributed by atoms with Crippen molar-refractivity contribution in [2.45, 2.75) is 31.6 Å². The second kappa shape index (κ2) is 6.51. The molecule has 0 aliphatic heterocycles. The van der Waals surface area contributed by atoms with Gasteiger partial charge in [-0.25, -0.2) is 17.5 Å². The first-order chi connectivity index (χ1) is 9.30. The fraction of sp³-hybridized carbons (Fsp3) is 0.538. The lowest BCUT2D eigenvalue weighted by atomic mass is 9.84. The minimum Gasteiger partial charge on any atom is -0.399 e. The van der Waals surface area contributed by atoms with Crippen LogP contribution in [0.5, 0.6) is 0 Å². The predicted octanol–water partition coefficient (Wildman–Crippen LogP) is 1.48. The molecule has 5 nitrogen and oxygen atoms in total. The van der Waals surface area contributed by atoms with Crippen molar-refractivity contribution in [2.24, 2.45) is 5.41 Å². The quantitative estimate of drug-likeness (QED) is 0.665. The fourth-order valence-corrected chi connectivity index (χ4v) is 3.05. The molecule has 0 heterocycles. The number of anilines is 1. The second-order valence-corrected chi connectivity index (χ2v) is 6.62. The number of benzene rings is 1. The molecular formula is C13H21FN2O3S. The van der Waals surface area contributed by atoms with Gasteiger partial charge in [-0.1, -0.05) is 13.8 Å². The lowest BCUT2D eigenvalue weighted by Crippen LogP contribution is -2.39. The summed E-state index contributed by atoms with van der Waals surface area (Å²) in [5.41, 5.74) is 5.02. The molecule has 0 aliphatic rings. The molecular weight excluding hydrogens is 283 g/mol. The highest BCUT2D eigenvalue weighted by molar-refractivity contribution is 7.89. The maximum absolute atomic E-state index is 13.7. The van der Waals surface area contributed by atoms with Crippen LogP contribution in [0.15, 0.2) is 23.1 Å². The number of sulfonamides is 1. The van der Waals surface area contributed by atoms with Gasteiger partial charge in [-0.3, -0.25) is 0 Å². The zero-order valence-corrected chi connectivity index (χ0v) is 12.5. The Morgan fingerprint density at radius 1 is 1.35 bits per heavy atom. The van der Waals surface area contributed by atoms with Crippen molar-refractivity contribution < 1.29 is 17.9 Å². The Kier molecular flexibility index (Phi) is 5.50. The molecule has 0 bridgehead atoms. The number of aliphatic hydroxyl groups excluding tert-OH is 1. The Morgan fingerprint density at radius 2 is 1.95 bits per heavy atom. The van der Waals surface area contributed by atoms with Crippen molar-refractivity contribution >= 4 is 15.7 Å². The molecule has 0 fully saturated rings. The van der Waals surface area contributed by atoms with Gasteiger partial charge in [-0.15, -0.1) is 0 Å². The third-order valence-electron chi connectivity index (χ3n) is 3.72. The van der Waals surface area contributed by atoms with Crippen LogP contribution >= 0.6 is 0 Å². The van der Waals surface area contributed by atoms with Crippen LogP contribution < -0.4 is 10.5 Å². The second-order valence-electron chi connectivity index (χ2n) is 4.88. The number of nitrogens with two attached hydrogens (primary N) is 1. The summed E-state index contributed by atoms with van der Waals surface area (Å²) in [4.78, 5) is -0.439. The number of hydrogen-bond acceptors (Lipinski definition) is 4. The van der Waals surface area contributed by atoms with Gasteiger partial charge < -0.3 is 10.8 Å². The van der Waals surface area contributed by atoms with E-state index in [1.165, 1.54) is 6.07 Å². The minimum atomic E-state index is -3.96. The summed E-state index contributed by atoms with van der Waals surface area (Å²) in [7, 11) is -3.96. The van der Waals surface area contributed by atoms with Crippen LogP contribution in [-0.2, 0) is 10.0 Å². The average Bonchev–Trinajstić information content (AvgIpc) is 2.40. The first-order valence-corrected chi connectivity index (χ1v) is 7.94. The number of rotatable bonds is 7. The zero-order chi connectivity index (χ0) is 15.4. The smallest absolute Gasteiger partial charge is 0.243 e. The van der Waals surface area contributed by atoms with Crippen LogP contribution in [0, 0.1) is 11.2 Å². The van der Waals surface area contributed by atoms with E-state index in [0.717, 1.165) is 12.1 Å². The van der Waals surface area contributed by atoms with Gasteiger partial charge in [0.05, 0.1) is 0 Å². The van der Waals surface area contributed by atoms with E-state index in [-0.39, 0.29) is 18.8 Å². The molecule has 0 radical (unpaired) electrons. The molecule has 114 valence electrons. The van der Waals surface area contributed by atoms with Crippen molar-refractivity contribution in [3.05, 3.63) is 24.0 Å². The Hall–Kier alpha value is -1.18. The SMILES string of the molecule is CCC(CC)(CO)CNS(=O)(=O)c1ccc(N)cc1F. The van der Waals surface area contributed by atoms with Crippen LogP contribution in [0.25, 0.3) is 0 Å². The topological polar surface area (TPSA) is 92.4 Å². The molecule has 0 atom stereocenters. The Labute approximate surface area is 119 Å². The third-order valence-corrected chi connectivity index (χ3v) is 5.15. The summed E-state index contributed by atoms with van der Waals surface area (Å²) < 4.78 is 40.2. The predicted molar refractivity (Wildman–Crippen MR) is 76.1 cm³/mol. The first-order valence-electron chi connectivity index (χ1n) is 6.46. The van der Waals surface area contributed by atoms with E-state index in [1.807, 2.05) is 13.8 Å². The molecule has 7 heteroatoms. The van der Waals surface area contributed by atoms with E-state index in [9.17, 15) is 17.9 Å². The Balaban J connectivity index is 2.96. The maximum Gasteiger partial charge on any atom is 0.243 e. The van der Waals surface area contributed by atoms with Crippen LogP contribution in [0.3, 0.4) is 0 Å². The number of nitrogen functional groups attached to an aromatic ring is 1. The molecule has 0 saturated heterocycles. The van der Waals surface area contributed by atoms with Gasteiger partial charge in [0.25, 0.3) is 0 Å². The summed E-state index contributed by atoms with van der Waals surface area (Å²) in [6, 6.07) is 3.43. The average molecular weight is 304 g/mol. The molecule has 0 saturated carbocycles. The number of halogens is 1. The van der Waals surface area contributed by atoms with Gasteiger partial charge >= 0.3 is 0 Å². The van der Waals surface area contributed by atoms with Gasteiger partial charge in [0, 0.05) is 24.3 Å². The van der Waals surface area contributed by atoms with Crippen molar-refractivity contribution in [3.8, 4) is 0 Å². The highest BCUT2D eigenvalue weighted by Crippen LogP contribution is 2.25. The van der Waals surface area contributed by atoms with Crippen molar-refractivity contribution in [1.82, 2.24) is 4.72 Å². The monoisotopic (exact) mass is 304 g/mol. The molecule has 0 aromatic heterocycles. The van der Waals surface area contributed by atoms with E-state index in [2.05, 4.69) is 4.72 Å². The normalized spacial score (nSPS) is 12.6. The summed E-state index contributed by atoms with van der Waals surface area (Å²) in [5.74, 6) is -0.889. The molecule has 1 rings (SSSR count). The largest absolute Gasteiger partial charge is 0.399 e. The summed E-state index contributed by atoms with van der Waals surface area (Å²) in [5, 5.41) is 9.41. The van der Waals surface area contributed by atoms with Crippen LogP contribution in [0.4, 0.5) is 10.1 Å². The molecule has 4 N–H and O–H groups in total. The van der Waals surface area contributed by atoms with Gasteiger partial charge in [-0.2, -0.15) is 0 Å². The van der Waals surface area contributed by atoms with E-state index in [4.69, 9.17) is 5.73 Å². The maximum atomic E-state index is 13.7. The minimum absolute atomic E-state index is 0.0582. The molecule has 20 heavy (non-hydrogen) atoms. The molecule has 0 amide bonds. The van der Waals surface area contributed by atoms with Crippen LogP contribution in [0.2, 0.25) is 0 Å². The van der Waals surface area contributed by atoms with Crippen LogP contribution in [-0.4, -0.2) is 26.7 Å². The first kappa shape index (κ1) is 16.9. The highest BCUT2D eigenvalue weighted by atomic mass is 32.2. The molecule has 0 unspecified atom stereocenters. The van der Waals surface area contributed by atoms with E-state index in [1.54, 1.807) is 0 Å². The molecule has 0 spiro atoms. The summed E-state index contributed by atoms with van der Waals surface area (Å²) in [6.45, 7) is 3.67. The number of aliphatic hydroxyl groups is 1. The highest BCUT2D eigenvalue weighted by Gasteiger charge is 2.28. The standard InChI is InChI=1S/C13H21FN2O3S/c1-3-13(4-2,9-17)8-16-20(18,19)12-6-5-10(15)7-11(12)14/h5-7,16-17H,3-4,8-9,15H2,1-2H3. The lowest BCUT2D eigenvalue weighted by molar-refractivity contribution is 0.119. The van der Waals surface area contributed by atoms with Gasteiger partial charge in [-0.05, 0) is 31.0 Å². The van der Waals surface area contributed by atoms with Crippen LogP contribution in [0.1, 0.15) is 26.7 Å². The van der Waals surface area contributed by atoms with E-state index in [0.29, 0.717) is 12.8 Å². The van der Waals surface area contributed by atoms with Crippen molar-refractivity contribution in [2.75, 3.05) is 18.9 Å². The number of nitrogens with one attached hydrogen (secondary N) is 1. The number of hydrogen-bond donors (Lipinski definition) is 3. The Morgan fingerprint density at radius 3 is 2.40 bits per heavy atom. The summed E-state index contributed by atoms with van der Waals surface area (Å²) >= 11 is 0. The van der Waals surface area contributed by atoms with Crippen molar-refractivity contribution in [1.29, 1.82) is 0 Å². The lowest BCUT2D eigenvalue weighted by Gasteiger charge is -2.29. The van der Waals surface area contributed by atoms with Gasteiger partial charge in [0.2, 0.25) is 10.0 Å². The molecule has 1 aromatic carbocycles. The van der Waals surface area contributed by atoms with Gasteiger partial charge in [0.15, 0.2) is 0 Å². The van der Waals surface area contributed by atoms with Crippen molar-refractivity contribution in [3.63, 3.8) is 0 Å². The molecule has 1 aromatic rings. The molecule has 0 aliphatic carbocycles. The zero-order valence-electron chi connectivity index (χ0n) is 11.7. The fourth-order valence-electron chi connectivity index (χ4n) is 1.84. The van der Waals surface area contributed by atoms with E-state index < -0.39 is 26.2 Å². The van der Waals surface area contributed by atoms with Gasteiger partial charge in [0.1, 0.15) is 10.7 Å². The Bertz CT molecular complexity index is 548. The third kappa shape index (κ3) is 3.68. The van der Waals surface area contributed by atoms with E-state index >= 15 is 0 Å². The summed E-state index contributed by atoms with van der Waals surface area (Å²) in [6.07, 6.45) is 1.24.